The van der Waals surface area contributed by atoms with Gasteiger partial charge in [-0.2, -0.15) is 10.4 Å². The van der Waals surface area contributed by atoms with E-state index < -0.39 is 29.4 Å². The average Bonchev–Trinajstić information content (AvgIpc) is 3.54. The maximum absolute atomic E-state index is 15.8. The molecule has 194 valence electrons. The smallest absolute Gasteiger partial charge is 0.311 e. The number of furan rings is 1. The van der Waals surface area contributed by atoms with Crippen LogP contribution in [-0.2, 0) is 28.0 Å². The SMILES string of the molecule is COC(=O)Cc1nn(C2(CC#N)CCN(Cc3cc(O)c(-c4ccoc4)cc3F)CC2F)cc1C(N)=O. The molecule has 3 aromatic rings. The highest BCUT2D eigenvalue weighted by atomic mass is 19.1. The van der Waals surface area contributed by atoms with Crippen LogP contribution in [0.1, 0.15) is 34.5 Å². The van der Waals surface area contributed by atoms with Crippen LogP contribution in [-0.4, -0.2) is 58.0 Å². The maximum atomic E-state index is 15.8. The first-order valence-electron chi connectivity index (χ1n) is 11.4. The van der Waals surface area contributed by atoms with Crippen molar-refractivity contribution in [1.29, 1.82) is 5.26 Å². The topological polar surface area (TPSA) is 148 Å². The number of aromatic nitrogens is 2. The second kappa shape index (κ2) is 10.4. The van der Waals surface area contributed by atoms with Gasteiger partial charge in [-0.1, -0.05) is 0 Å². The molecule has 4 rings (SSSR count). The number of likely N-dealkylation sites (tertiary alicyclic amines) is 1. The number of phenolic OH excluding ortho intramolecular Hbond substituents is 1. The molecule has 2 aromatic heterocycles. The van der Waals surface area contributed by atoms with Crippen molar-refractivity contribution in [2.45, 2.75) is 37.5 Å². The number of phenols is 1. The molecule has 1 saturated heterocycles. The van der Waals surface area contributed by atoms with Crippen LogP contribution in [0.5, 0.6) is 5.75 Å². The van der Waals surface area contributed by atoms with Gasteiger partial charge < -0.3 is 20.0 Å². The van der Waals surface area contributed by atoms with Crippen molar-refractivity contribution in [1.82, 2.24) is 14.7 Å². The Balaban J connectivity index is 1.57. The zero-order valence-corrected chi connectivity index (χ0v) is 20.0. The molecule has 1 aliphatic rings. The minimum Gasteiger partial charge on any atom is -0.507 e. The normalized spacial score (nSPS) is 19.9. The molecular weight excluding hydrogens is 488 g/mol. The van der Waals surface area contributed by atoms with Gasteiger partial charge in [0.25, 0.3) is 5.91 Å². The summed E-state index contributed by atoms with van der Waals surface area (Å²) in [5, 5.41) is 24.1. The van der Waals surface area contributed by atoms with Crippen molar-refractivity contribution >= 4 is 11.9 Å². The molecule has 0 saturated carbocycles. The van der Waals surface area contributed by atoms with E-state index in [0.29, 0.717) is 5.56 Å². The minimum absolute atomic E-state index is 0.0212. The highest BCUT2D eigenvalue weighted by molar-refractivity contribution is 5.94. The lowest BCUT2D eigenvalue weighted by Crippen LogP contribution is -2.54. The molecule has 2 unspecified atom stereocenters. The predicted octanol–water partition coefficient (Wildman–Crippen LogP) is 2.66. The number of amides is 1. The van der Waals surface area contributed by atoms with Crippen LogP contribution in [0.15, 0.2) is 41.3 Å². The molecule has 0 bridgehead atoms. The van der Waals surface area contributed by atoms with E-state index in [4.69, 9.17) is 10.2 Å². The summed E-state index contributed by atoms with van der Waals surface area (Å²) >= 11 is 0. The summed E-state index contributed by atoms with van der Waals surface area (Å²) in [4.78, 5) is 25.4. The van der Waals surface area contributed by atoms with E-state index in [9.17, 15) is 24.3 Å². The van der Waals surface area contributed by atoms with Gasteiger partial charge in [0, 0.05) is 42.5 Å². The molecular formula is C25H25F2N5O5. The Kier molecular flexibility index (Phi) is 7.26. The first kappa shape index (κ1) is 25.8. The number of nitrogens with two attached hydrogens (primary N) is 1. The average molecular weight is 514 g/mol. The van der Waals surface area contributed by atoms with Gasteiger partial charge in [-0.15, -0.1) is 0 Å². The van der Waals surface area contributed by atoms with Crippen molar-refractivity contribution in [2.24, 2.45) is 5.73 Å². The van der Waals surface area contributed by atoms with E-state index in [1.165, 1.54) is 42.6 Å². The highest BCUT2D eigenvalue weighted by Gasteiger charge is 2.46. The highest BCUT2D eigenvalue weighted by Crippen LogP contribution is 2.38. The molecule has 0 radical (unpaired) electrons. The third-order valence-corrected chi connectivity index (χ3v) is 6.69. The van der Waals surface area contributed by atoms with E-state index in [2.05, 4.69) is 9.84 Å². The van der Waals surface area contributed by atoms with Gasteiger partial charge in [0.1, 0.15) is 23.3 Å². The maximum Gasteiger partial charge on any atom is 0.311 e. The van der Waals surface area contributed by atoms with Gasteiger partial charge in [-0.05, 0) is 24.6 Å². The Bertz CT molecular complexity index is 1350. The molecule has 1 aliphatic heterocycles. The Morgan fingerprint density at radius 3 is 2.84 bits per heavy atom. The molecule has 3 N–H and O–H groups in total. The number of rotatable bonds is 8. The van der Waals surface area contributed by atoms with Crippen molar-refractivity contribution < 1.29 is 32.6 Å². The number of alkyl halides is 1. The van der Waals surface area contributed by atoms with E-state index in [1.54, 1.807) is 11.0 Å². The van der Waals surface area contributed by atoms with E-state index in [-0.39, 0.29) is 67.0 Å². The first-order chi connectivity index (χ1) is 17.7. The van der Waals surface area contributed by atoms with Crippen molar-refractivity contribution in [3.05, 3.63) is 59.6 Å². The largest absolute Gasteiger partial charge is 0.507 e. The minimum atomic E-state index is -1.63. The molecule has 12 heteroatoms. The summed E-state index contributed by atoms with van der Waals surface area (Å²) < 4.78 is 41.5. The van der Waals surface area contributed by atoms with Gasteiger partial charge in [-0.25, -0.2) is 8.78 Å². The second-order valence-corrected chi connectivity index (χ2v) is 8.92. The van der Waals surface area contributed by atoms with E-state index in [1.807, 2.05) is 6.07 Å². The first-order valence-corrected chi connectivity index (χ1v) is 11.4. The van der Waals surface area contributed by atoms with Gasteiger partial charge in [0.15, 0.2) is 0 Å². The molecule has 37 heavy (non-hydrogen) atoms. The predicted molar refractivity (Wildman–Crippen MR) is 125 cm³/mol. The summed E-state index contributed by atoms with van der Waals surface area (Å²) in [7, 11) is 1.18. The standard InChI is InChI=1S/C25H25F2N5O5/c1-36-23(34)10-20-18(24(29)35)12-32(30-20)25(3-5-28)4-6-31(13-22(25)27)11-16-8-21(33)17(9-19(16)26)15-2-7-37-14-15/h2,7-9,12,14,22,33H,3-4,6,10-11,13H2,1H3,(H2,29,35). The third-order valence-electron chi connectivity index (χ3n) is 6.69. The fraction of sp³-hybridized carbons (Fsp3) is 0.360. The number of aromatic hydroxyl groups is 1. The van der Waals surface area contributed by atoms with Crippen LogP contribution < -0.4 is 5.73 Å². The van der Waals surface area contributed by atoms with E-state index in [0.717, 1.165) is 0 Å². The lowest BCUT2D eigenvalue weighted by atomic mass is 9.83. The fourth-order valence-electron chi connectivity index (χ4n) is 4.61. The number of ether oxygens (including phenoxy) is 1. The monoisotopic (exact) mass is 513 g/mol. The number of piperidine rings is 1. The molecule has 0 aliphatic carbocycles. The number of nitriles is 1. The van der Waals surface area contributed by atoms with Crippen molar-refractivity contribution in [3.63, 3.8) is 0 Å². The number of halogens is 2. The van der Waals surface area contributed by atoms with Gasteiger partial charge >= 0.3 is 5.97 Å². The van der Waals surface area contributed by atoms with E-state index >= 15 is 4.39 Å². The van der Waals surface area contributed by atoms with Crippen LogP contribution in [0, 0.1) is 17.1 Å². The number of nitrogens with zero attached hydrogens (tertiary/aromatic N) is 4. The summed E-state index contributed by atoms with van der Waals surface area (Å²) in [5.74, 6) is -2.21. The summed E-state index contributed by atoms with van der Waals surface area (Å²) in [6.45, 7) is 0.126. The third kappa shape index (κ3) is 5.03. The van der Waals surface area contributed by atoms with Gasteiger partial charge in [0.05, 0.1) is 49.8 Å². The zero-order valence-electron chi connectivity index (χ0n) is 20.0. The Hall–Kier alpha value is -4.24. The summed E-state index contributed by atoms with van der Waals surface area (Å²) in [6.07, 6.45) is 1.94. The van der Waals surface area contributed by atoms with Crippen molar-refractivity contribution in [2.75, 3.05) is 20.2 Å². The lowest BCUT2D eigenvalue weighted by molar-refractivity contribution is -0.139. The Morgan fingerprint density at radius 2 is 2.22 bits per heavy atom. The summed E-state index contributed by atoms with van der Waals surface area (Å²) in [6, 6.07) is 6.08. The van der Waals surface area contributed by atoms with Crippen LogP contribution in [0.25, 0.3) is 11.1 Å². The number of primary amides is 1. The van der Waals surface area contributed by atoms with Crippen LogP contribution in [0.3, 0.4) is 0 Å². The molecule has 2 atom stereocenters. The lowest BCUT2D eigenvalue weighted by Gasteiger charge is -2.43. The van der Waals surface area contributed by atoms with Crippen LogP contribution >= 0.6 is 0 Å². The second-order valence-electron chi connectivity index (χ2n) is 8.92. The molecule has 1 aromatic carbocycles. The van der Waals surface area contributed by atoms with Crippen molar-refractivity contribution in [3.8, 4) is 22.9 Å². The fourth-order valence-corrected chi connectivity index (χ4v) is 4.61. The number of hydrogen-bond donors (Lipinski definition) is 2. The molecule has 10 nitrogen and oxygen atoms in total. The van der Waals surface area contributed by atoms with Gasteiger partial charge in [0.2, 0.25) is 0 Å². The van der Waals surface area contributed by atoms with Gasteiger partial charge in [-0.3, -0.25) is 19.2 Å². The molecule has 0 spiro atoms. The number of esters is 1. The number of benzene rings is 1. The summed E-state index contributed by atoms with van der Waals surface area (Å²) in [5.41, 5.74) is 4.95. The number of hydrogen-bond acceptors (Lipinski definition) is 8. The molecule has 3 heterocycles. The van der Waals surface area contributed by atoms with Crippen LogP contribution in [0.4, 0.5) is 8.78 Å². The number of carbonyl (C=O) groups excluding carboxylic acids is 2. The Labute approximate surface area is 210 Å². The number of carbonyl (C=O) groups is 2. The molecule has 1 fully saturated rings. The van der Waals surface area contributed by atoms with Crippen LogP contribution in [0.2, 0.25) is 0 Å². The quantitative estimate of drug-likeness (QED) is 0.437. The molecule has 1 amide bonds. The Morgan fingerprint density at radius 1 is 1.43 bits per heavy atom. The zero-order chi connectivity index (χ0) is 26.7. The number of methoxy groups -OCH3 is 1.